The van der Waals surface area contributed by atoms with Crippen LogP contribution in [0.3, 0.4) is 0 Å². The van der Waals surface area contributed by atoms with Gasteiger partial charge in [0.05, 0.1) is 22.6 Å². The Bertz CT molecular complexity index is 1450. The summed E-state index contributed by atoms with van der Waals surface area (Å²) >= 11 is 0. The van der Waals surface area contributed by atoms with E-state index >= 15 is 0 Å². The minimum atomic E-state index is -0.177. The van der Waals surface area contributed by atoms with E-state index in [2.05, 4.69) is 24.1 Å². The quantitative estimate of drug-likeness (QED) is 0.396. The molecule has 0 fully saturated rings. The highest BCUT2D eigenvalue weighted by Crippen LogP contribution is 2.24. The zero-order valence-electron chi connectivity index (χ0n) is 19.4. The van der Waals surface area contributed by atoms with Gasteiger partial charge in [0.2, 0.25) is 5.91 Å². The molecule has 3 heterocycles. The first-order chi connectivity index (χ1) is 15.9. The average Bonchev–Trinajstić information content (AvgIpc) is 3.39. The highest BCUT2D eigenvalue weighted by atomic mass is 16.1. The molecule has 2 N–H and O–H groups in total. The fourth-order valence-corrected chi connectivity index (χ4v) is 4.49. The molecule has 1 amide bonds. The minimum Gasteiger partial charge on any atom is -0.346 e. The molecule has 0 saturated carbocycles. The van der Waals surface area contributed by atoms with Crippen LogP contribution in [0.2, 0.25) is 0 Å². The van der Waals surface area contributed by atoms with Gasteiger partial charge in [0.1, 0.15) is 5.82 Å². The number of fused-ring (bicyclic) bond motifs is 4. The van der Waals surface area contributed by atoms with Crippen LogP contribution in [0.15, 0.2) is 48.5 Å². The number of aromatic nitrogens is 5. The second-order valence-electron chi connectivity index (χ2n) is 8.94. The van der Waals surface area contributed by atoms with Gasteiger partial charge in [-0.3, -0.25) is 4.79 Å². The maximum absolute atomic E-state index is 13.0. The van der Waals surface area contributed by atoms with Crippen LogP contribution in [-0.2, 0) is 11.2 Å². The number of nitrogens with one attached hydrogen (secondary N) is 2. The molecule has 0 aliphatic heterocycles. The van der Waals surface area contributed by atoms with Crippen molar-refractivity contribution in [1.82, 2.24) is 29.9 Å². The SMILES string of the molecule is Cc1nc2c3ccccc3nn2c(C)c1CCC(=O)NC(c1nc2ccccc2[nH]1)C(C)C. The van der Waals surface area contributed by atoms with Crippen LogP contribution in [0.4, 0.5) is 0 Å². The molecule has 0 bridgehead atoms. The van der Waals surface area contributed by atoms with Crippen molar-refractivity contribution in [3.63, 3.8) is 0 Å². The van der Waals surface area contributed by atoms with Gasteiger partial charge in [-0.15, -0.1) is 0 Å². The predicted octanol–water partition coefficient (Wildman–Crippen LogP) is 4.82. The van der Waals surface area contributed by atoms with Gasteiger partial charge in [0.15, 0.2) is 5.65 Å². The van der Waals surface area contributed by atoms with E-state index in [1.54, 1.807) is 0 Å². The van der Waals surface area contributed by atoms with Crippen molar-refractivity contribution in [2.75, 3.05) is 0 Å². The Morgan fingerprint density at radius 3 is 2.52 bits per heavy atom. The molecule has 0 radical (unpaired) electrons. The van der Waals surface area contributed by atoms with Gasteiger partial charge in [0, 0.05) is 23.2 Å². The number of aromatic amines is 1. The lowest BCUT2D eigenvalue weighted by Gasteiger charge is -2.20. The number of hydrogen-bond donors (Lipinski definition) is 2. The van der Waals surface area contributed by atoms with Crippen molar-refractivity contribution in [1.29, 1.82) is 0 Å². The number of aryl methyl sites for hydroxylation is 2. The fraction of sp³-hybridized carbons (Fsp3) is 0.308. The van der Waals surface area contributed by atoms with Crippen molar-refractivity contribution in [3.8, 4) is 0 Å². The zero-order chi connectivity index (χ0) is 23.1. The Hall–Kier alpha value is -3.74. The number of rotatable bonds is 6. The molecule has 33 heavy (non-hydrogen) atoms. The maximum Gasteiger partial charge on any atom is 0.220 e. The van der Waals surface area contributed by atoms with Gasteiger partial charge in [-0.2, -0.15) is 5.10 Å². The molecule has 7 nitrogen and oxygen atoms in total. The molecule has 7 heteroatoms. The van der Waals surface area contributed by atoms with Crippen LogP contribution in [0.25, 0.3) is 27.6 Å². The van der Waals surface area contributed by atoms with Crippen LogP contribution in [0.5, 0.6) is 0 Å². The standard InChI is InChI=1S/C26H28N6O/c1-15(2)24(25-28-21-11-7-8-12-22(21)29-25)30-23(33)14-13-18-16(3)27-26-19-9-5-6-10-20(19)31-32(26)17(18)4/h5-12,15,24H,13-14H2,1-4H3,(H,28,29)(H,30,33). The minimum absolute atomic E-state index is 0.00122. The molecule has 3 aromatic heterocycles. The van der Waals surface area contributed by atoms with Gasteiger partial charge >= 0.3 is 0 Å². The van der Waals surface area contributed by atoms with Crippen LogP contribution in [0.1, 0.15) is 49.1 Å². The van der Waals surface area contributed by atoms with Crippen LogP contribution in [0, 0.1) is 19.8 Å². The second kappa shape index (κ2) is 8.31. The highest BCUT2D eigenvalue weighted by molar-refractivity contribution is 5.92. The van der Waals surface area contributed by atoms with Crippen LogP contribution in [-0.4, -0.2) is 30.5 Å². The number of H-pyrrole nitrogens is 1. The summed E-state index contributed by atoms with van der Waals surface area (Å²) in [5.74, 6) is 0.990. The smallest absolute Gasteiger partial charge is 0.220 e. The summed E-state index contributed by atoms with van der Waals surface area (Å²) in [7, 11) is 0. The van der Waals surface area contributed by atoms with E-state index in [4.69, 9.17) is 15.1 Å². The van der Waals surface area contributed by atoms with E-state index < -0.39 is 0 Å². The van der Waals surface area contributed by atoms with Crippen LogP contribution >= 0.6 is 0 Å². The molecule has 1 atom stereocenters. The number of carbonyl (C=O) groups excluding carboxylic acids is 1. The Balaban J connectivity index is 1.36. The van der Waals surface area contributed by atoms with Gasteiger partial charge in [-0.1, -0.05) is 38.1 Å². The summed E-state index contributed by atoms with van der Waals surface area (Å²) in [6, 6.07) is 15.8. The first-order valence-corrected chi connectivity index (χ1v) is 11.4. The average molecular weight is 441 g/mol. The van der Waals surface area contributed by atoms with E-state index in [0.717, 1.165) is 50.4 Å². The van der Waals surface area contributed by atoms with Crippen molar-refractivity contribution >= 4 is 33.5 Å². The first-order valence-electron chi connectivity index (χ1n) is 11.4. The number of nitrogens with zero attached hydrogens (tertiary/aromatic N) is 4. The van der Waals surface area contributed by atoms with Crippen molar-refractivity contribution < 1.29 is 4.79 Å². The molecule has 168 valence electrons. The van der Waals surface area contributed by atoms with Gasteiger partial charge in [0.25, 0.3) is 0 Å². The predicted molar refractivity (Wildman–Crippen MR) is 130 cm³/mol. The summed E-state index contributed by atoms with van der Waals surface area (Å²) in [5.41, 5.74) is 6.70. The number of benzene rings is 2. The third kappa shape index (κ3) is 3.84. The number of amides is 1. The summed E-state index contributed by atoms with van der Waals surface area (Å²) in [6.07, 6.45) is 0.979. The van der Waals surface area contributed by atoms with Gasteiger partial charge < -0.3 is 10.3 Å². The Kier molecular flexibility index (Phi) is 5.32. The third-order valence-electron chi connectivity index (χ3n) is 6.31. The first kappa shape index (κ1) is 21.1. The van der Waals surface area contributed by atoms with Gasteiger partial charge in [-0.25, -0.2) is 14.5 Å². The highest BCUT2D eigenvalue weighted by Gasteiger charge is 2.22. The van der Waals surface area contributed by atoms with Gasteiger partial charge in [-0.05, 0) is 56.0 Å². The molecule has 5 rings (SSSR count). The normalized spacial score (nSPS) is 12.8. The lowest BCUT2D eigenvalue weighted by atomic mass is 10.0. The number of carbonyl (C=O) groups is 1. The second-order valence-corrected chi connectivity index (χ2v) is 8.94. The van der Waals surface area contributed by atoms with Crippen molar-refractivity contribution in [2.24, 2.45) is 5.92 Å². The lowest BCUT2D eigenvalue weighted by molar-refractivity contribution is -0.122. The molecule has 0 aliphatic carbocycles. The van der Waals surface area contributed by atoms with Crippen molar-refractivity contribution in [3.05, 3.63) is 71.3 Å². The van der Waals surface area contributed by atoms with E-state index in [1.807, 2.05) is 66.9 Å². The summed E-state index contributed by atoms with van der Waals surface area (Å²) in [5, 5.41) is 8.94. The Morgan fingerprint density at radius 2 is 1.76 bits per heavy atom. The fourth-order valence-electron chi connectivity index (χ4n) is 4.49. The number of para-hydroxylation sites is 2. The maximum atomic E-state index is 13.0. The van der Waals surface area contributed by atoms with Crippen LogP contribution < -0.4 is 5.32 Å². The summed E-state index contributed by atoms with van der Waals surface area (Å²) < 4.78 is 1.90. The van der Waals surface area contributed by atoms with E-state index in [1.165, 1.54) is 0 Å². The molecule has 5 aromatic rings. The third-order valence-corrected chi connectivity index (χ3v) is 6.31. The largest absolute Gasteiger partial charge is 0.346 e. The van der Waals surface area contributed by atoms with E-state index in [-0.39, 0.29) is 17.9 Å². The molecule has 2 aromatic carbocycles. The Labute approximate surface area is 192 Å². The molecule has 0 saturated heterocycles. The van der Waals surface area contributed by atoms with E-state index in [9.17, 15) is 4.79 Å². The molecular formula is C26H28N6O. The Morgan fingerprint density at radius 1 is 1.03 bits per heavy atom. The monoisotopic (exact) mass is 440 g/mol. The zero-order valence-corrected chi connectivity index (χ0v) is 19.4. The molecule has 1 unspecified atom stereocenters. The molecule has 0 spiro atoms. The van der Waals surface area contributed by atoms with E-state index in [0.29, 0.717) is 12.8 Å². The molecular weight excluding hydrogens is 412 g/mol. The van der Waals surface area contributed by atoms with Crippen molar-refractivity contribution in [2.45, 2.75) is 46.6 Å². The summed E-state index contributed by atoms with van der Waals surface area (Å²) in [6.45, 7) is 8.23. The molecule has 0 aliphatic rings. The number of hydrogen-bond acceptors (Lipinski definition) is 4. The summed E-state index contributed by atoms with van der Waals surface area (Å²) in [4.78, 5) is 25.8. The lowest BCUT2D eigenvalue weighted by Crippen LogP contribution is -2.32. The number of imidazole rings is 1. The topological polar surface area (TPSA) is 88.0 Å².